The van der Waals surface area contributed by atoms with Gasteiger partial charge in [-0.15, -0.1) is 23.7 Å². The number of hydrogen-bond acceptors (Lipinski definition) is 4. The minimum Gasteiger partial charge on any atom is -0.488 e. The molecule has 1 amide bonds. The molecule has 2 aromatic rings. The molecule has 0 radical (unpaired) electrons. The Labute approximate surface area is 159 Å². The van der Waals surface area contributed by atoms with Crippen LogP contribution in [-0.2, 0) is 6.61 Å². The largest absolute Gasteiger partial charge is 0.488 e. The first-order valence-corrected chi connectivity index (χ1v) is 9.27. The molecule has 0 bridgehead atoms. The van der Waals surface area contributed by atoms with Crippen molar-refractivity contribution in [3.05, 3.63) is 52.2 Å². The fraction of sp³-hybridized carbons (Fsp3) is 0.421. The summed E-state index contributed by atoms with van der Waals surface area (Å²) in [6, 6.07) is 11.4. The minimum absolute atomic E-state index is 0. The quantitative estimate of drug-likeness (QED) is 0.799. The third-order valence-corrected chi connectivity index (χ3v) is 5.39. The summed E-state index contributed by atoms with van der Waals surface area (Å²) in [5, 5.41) is 8.48. The molecular formula is C19H25ClN2O2S. The lowest BCUT2D eigenvalue weighted by Crippen LogP contribution is -2.42. The summed E-state index contributed by atoms with van der Waals surface area (Å²) >= 11 is 1.67. The molecule has 1 aromatic heterocycles. The van der Waals surface area contributed by atoms with Gasteiger partial charge in [0.25, 0.3) is 5.91 Å². The molecule has 4 nitrogen and oxygen atoms in total. The van der Waals surface area contributed by atoms with Crippen LogP contribution in [-0.4, -0.2) is 25.5 Å². The second-order valence-electron chi connectivity index (χ2n) is 6.64. The fourth-order valence-corrected chi connectivity index (χ4v) is 3.50. The van der Waals surface area contributed by atoms with Crippen LogP contribution in [0.1, 0.15) is 35.0 Å². The maximum absolute atomic E-state index is 12.4. The summed E-state index contributed by atoms with van der Waals surface area (Å²) < 4.78 is 5.78. The smallest absolute Gasteiger partial charge is 0.251 e. The predicted octanol–water partition coefficient (Wildman–Crippen LogP) is 3.87. The van der Waals surface area contributed by atoms with Crippen molar-refractivity contribution in [2.24, 2.45) is 5.41 Å². The van der Waals surface area contributed by atoms with E-state index in [1.54, 1.807) is 11.3 Å². The van der Waals surface area contributed by atoms with Crippen molar-refractivity contribution < 1.29 is 9.53 Å². The number of hydrogen-bond donors (Lipinski definition) is 2. The lowest BCUT2D eigenvalue weighted by Gasteiger charge is -2.34. The van der Waals surface area contributed by atoms with E-state index in [1.165, 1.54) is 4.88 Å². The highest BCUT2D eigenvalue weighted by atomic mass is 35.5. The number of carbonyl (C=O) groups excluding carboxylic acids is 1. The second kappa shape index (κ2) is 9.22. The third kappa shape index (κ3) is 5.73. The van der Waals surface area contributed by atoms with E-state index >= 15 is 0 Å². The number of ether oxygens (including phenoxy) is 1. The number of rotatable bonds is 6. The zero-order chi connectivity index (χ0) is 16.8. The van der Waals surface area contributed by atoms with Gasteiger partial charge in [0.1, 0.15) is 12.4 Å². The van der Waals surface area contributed by atoms with Crippen LogP contribution in [0.3, 0.4) is 0 Å². The summed E-state index contributed by atoms with van der Waals surface area (Å²) in [5.41, 5.74) is 0.838. The highest BCUT2D eigenvalue weighted by Crippen LogP contribution is 2.27. The number of amides is 1. The van der Waals surface area contributed by atoms with Crippen molar-refractivity contribution in [3.63, 3.8) is 0 Å². The van der Waals surface area contributed by atoms with Gasteiger partial charge in [0.05, 0.1) is 0 Å². The van der Waals surface area contributed by atoms with Gasteiger partial charge in [0.2, 0.25) is 0 Å². The number of thiophene rings is 1. The Kier molecular flexibility index (Phi) is 7.29. The van der Waals surface area contributed by atoms with E-state index in [4.69, 9.17) is 4.74 Å². The van der Waals surface area contributed by atoms with Crippen LogP contribution < -0.4 is 15.4 Å². The topological polar surface area (TPSA) is 50.4 Å². The summed E-state index contributed by atoms with van der Waals surface area (Å²) in [6.07, 6.45) is 2.19. The molecule has 0 unspecified atom stereocenters. The van der Waals surface area contributed by atoms with E-state index < -0.39 is 0 Å². The van der Waals surface area contributed by atoms with Gasteiger partial charge < -0.3 is 15.4 Å². The van der Waals surface area contributed by atoms with Crippen molar-refractivity contribution in [3.8, 4) is 5.75 Å². The van der Waals surface area contributed by atoms with Gasteiger partial charge >= 0.3 is 0 Å². The van der Waals surface area contributed by atoms with Crippen molar-refractivity contribution in [2.45, 2.75) is 26.4 Å². The molecule has 0 spiro atoms. The zero-order valence-corrected chi connectivity index (χ0v) is 16.1. The molecule has 1 aliphatic heterocycles. The molecule has 1 aliphatic rings. The second-order valence-corrected chi connectivity index (χ2v) is 7.67. The van der Waals surface area contributed by atoms with Crippen LogP contribution in [0.5, 0.6) is 5.75 Å². The lowest BCUT2D eigenvalue weighted by atomic mass is 9.81. The van der Waals surface area contributed by atoms with Crippen LogP contribution in [0.4, 0.5) is 0 Å². The molecule has 0 saturated carbocycles. The maximum Gasteiger partial charge on any atom is 0.251 e. The van der Waals surface area contributed by atoms with Crippen molar-refractivity contribution in [1.82, 2.24) is 10.6 Å². The van der Waals surface area contributed by atoms with Gasteiger partial charge in [-0.3, -0.25) is 4.79 Å². The molecule has 2 heterocycles. The van der Waals surface area contributed by atoms with Crippen LogP contribution in [0.15, 0.2) is 41.8 Å². The molecule has 136 valence electrons. The normalized spacial score (nSPS) is 15.9. The standard InChI is InChI=1S/C19H24N2O2S.ClH/c1-19(7-9-20-10-8-19)14-21-18(22)15-4-2-5-16(12-15)23-13-17-6-3-11-24-17;/h2-6,11-12,20H,7-10,13-14H2,1H3,(H,21,22);1H. The fourth-order valence-electron chi connectivity index (χ4n) is 2.88. The minimum atomic E-state index is -0.0312. The number of halogens is 1. The monoisotopic (exact) mass is 380 g/mol. The van der Waals surface area contributed by atoms with E-state index in [9.17, 15) is 4.79 Å². The number of piperidine rings is 1. The summed E-state index contributed by atoms with van der Waals surface area (Å²) in [4.78, 5) is 13.6. The molecule has 3 rings (SSSR count). The molecule has 2 N–H and O–H groups in total. The summed E-state index contributed by atoms with van der Waals surface area (Å²) in [6.45, 7) is 5.55. The van der Waals surface area contributed by atoms with Gasteiger partial charge in [-0.05, 0) is 61.0 Å². The van der Waals surface area contributed by atoms with E-state index in [1.807, 2.05) is 41.8 Å². The number of nitrogens with one attached hydrogen (secondary N) is 2. The average Bonchev–Trinajstić information content (AvgIpc) is 3.12. The predicted molar refractivity (Wildman–Crippen MR) is 105 cm³/mol. The lowest BCUT2D eigenvalue weighted by molar-refractivity contribution is 0.0922. The molecule has 0 atom stereocenters. The van der Waals surface area contributed by atoms with Crippen LogP contribution in [0, 0.1) is 5.41 Å². The van der Waals surface area contributed by atoms with Gasteiger partial charge in [-0.25, -0.2) is 0 Å². The first-order chi connectivity index (χ1) is 11.6. The molecule has 25 heavy (non-hydrogen) atoms. The van der Waals surface area contributed by atoms with Gasteiger partial charge in [0, 0.05) is 17.0 Å². The average molecular weight is 381 g/mol. The van der Waals surface area contributed by atoms with Gasteiger partial charge in [0.15, 0.2) is 0 Å². The molecule has 1 saturated heterocycles. The Morgan fingerprint density at radius 1 is 1.28 bits per heavy atom. The van der Waals surface area contributed by atoms with Crippen LogP contribution >= 0.6 is 23.7 Å². The van der Waals surface area contributed by atoms with E-state index in [2.05, 4.69) is 17.6 Å². The molecular weight excluding hydrogens is 356 g/mol. The molecule has 1 fully saturated rings. The number of benzene rings is 1. The Hall–Kier alpha value is -1.56. The van der Waals surface area contributed by atoms with Crippen molar-refractivity contribution in [1.29, 1.82) is 0 Å². The van der Waals surface area contributed by atoms with Crippen LogP contribution in [0.25, 0.3) is 0 Å². The SMILES string of the molecule is CC1(CNC(=O)c2cccc(OCc3cccs3)c2)CCNCC1.Cl. The highest BCUT2D eigenvalue weighted by Gasteiger charge is 2.27. The molecule has 6 heteroatoms. The Morgan fingerprint density at radius 3 is 2.80 bits per heavy atom. The third-order valence-electron chi connectivity index (χ3n) is 4.54. The Balaban J connectivity index is 0.00000225. The maximum atomic E-state index is 12.4. The summed E-state index contributed by atoms with van der Waals surface area (Å²) in [5.74, 6) is 0.695. The zero-order valence-electron chi connectivity index (χ0n) is 14.4. The summed E-state index contributed by atoms with van der Waals surface area (Å²) in [7, 11) is 0. The van der Waals surface area contributed by atoms with E-state index in [-0.39, 0.29) is 23.7 Å². The first-order valence-electron chi connectivity index (χ1n) is 8.39. The van der Waals surface area contributed by atoms with Gasteiger partial charge in [-0.1, -0.05) is 19.1 Å². The van der Waals surface area contributed by atoms with Crippen molar-refractivity contribution >= 4 is 29.7 Å². The van der Waals surface area contributed by atoms with E-state index in [0.29, 0.717) is 18.7 Å². The Bertz CT molecular complexity index is 670. The Morgan fingerprint density at radius 2 is 2.08 bits per heavy atom. The van der Waals surface area contributed by atoms with Gasteiger partial charge in [-0.2, -0.15) is 0 Å². The van der Waals surface area contributed by atoms with E-state index in [0.717, 1.165) is 31.7 Å². The highest BCUT2D eigenvalue weighted by molar-refractivity contribution is 7.09. The molecule has 1 aromatic carbocycles. The number of carbonyl (C=O) groups is 1. The van der Waals surface area contributed by atoms with Crippen LogP contribution in [0.2, 0.25) is 0 Å². The van der Waals surface area contributed by atoms with Crippen molar-refractivity contribution in [2.75, 3.05) is 19.6 Å². The molecule has 0 aliphatic carbocycles. The first kappa shape index (κ1) is 19.8.